The first kappa shape index (κ1) is 18.5. The third kappa shape index (κ3) is 5.28. The maximum Gasteiger partial charge on any atom is 0.127 e. The summed E-state index contributed by atoms with van der Waals surface area (Å²) in [4.78, 5) is 2.41. The maximum atomic E-state index is 14.0. The molecule has 0 aliphatic rings. The molecule has 0 radical (unpaired) electrons. The molecule has 0 aromatic heterocycles. The second-order valence-electron chi connectivity index (χ2n) is 5.72. The summed E-state index contributed by atoms with van der Waals surface area (Å²) < 4.78 is 14.0. The molecule has 0 aliphatic heterocycles. The van der Waals surface area contributed by atoms with E-state index < -0.39 is 0 Å². The van der Waals surface area contributed by atoms with E-state index in [1.807, 2.05) is 30.9 Å². The number of halogens is 1. The first-order chi connectivity index (χ1) is 10.0. The molecule has 1 N–H and O–H groups in total. The molecule has 1 aromatic carbocycles. The normalized spacial score (nSPS) is 16.0. The van der Waals surface area contributed by atoms with Crippen molar-refractivity contribution in [2.45, 2.75) is 32.4 Å². The van der Waals surface area contributed by atoms with Crippen molar-refractivity contribution in [1.29, 1.82) is 0 Å². The van der Waals surface area contributed by atoms with Gasteiger partial charge in [-0.05, 0) is 38.8 Å². The van der Waals surface area contributed by atoms with Crippen molar-refractivity contribution in [2.24, 2.45) is 5.92 Å². The van der Waals surface area contributed by atoms with E-state index in [0.717, 1.165) is 24.3 Å². The van der Waals surface area contributed by atoms with Crippen molar-refractivity contribution in [3.05, 3.63) is 35.6 Å². The molecular formula is C17H29FN2S. The Bertz CT molecular complexity index is 414. The minimum atomic E-state index is -0.123. The number of hydrogen-bond acceptors (Lipinski definition) is 3. The average Bonchev–Trinajstić information content (AvgIpc) is 2.47. The van der Waals surface area contributed by atoms with Crippen molar-refractivity contribution in [3.8, 4) is 0 Å². The number of nitrogens with zero attached hydrogens (tertiary/aromatic N) is 1. The van der Waals surface area contributed by atoms with Crippen LogP contribution in [-0.2, 0) is 0 Å². The highest BCUT2D eigenvalue weighted by Crippen LogP contribution is 2.25. The zero-order valence-electron chi connectivity index (χ0n) is 13.9. The lowest BCUT2D eigenvalue weighted by atomic mass is 9.93. The third-order valence-electron chi connectivity index (χ3n) is 4.15. The van der Waals surface area contributed by atoms with E-state index in [9.17, 15) is 4.39 Å². The molecule has 0 spiro atoms. The largest absolute Gasteiger partial charge is 0.313 e. The Morgan fingerprint density at radius 2 is 2.00 bits per heavy atom. The summed E-state index contributed by atoms with van der Waals surface area (Å²) in [7, 11) is 4.09. The molecular weight excluding hydrogens is 283 g/mol. The van der Waals surface area contributed by atoms with Gasteiger partial charge in [-0.25, -0.2) is 4.39 Å². The molecule has 0 bridgehead atoms. The Hall–Kier alpha value is -0.580. The van der Waals surface area contributed by atoms with Gasteiger partial charge in [0.25, 0.3) is 0 Å². The van der Waals surface area contributed by atoms with Gasteiger partial charge >= 0.3 is 0 Å². The van der Waals surface area contributed by atoms with Crippen molar-refractivity contribution in [2.75, 3.05) is 32.6 Å². The minimum Gasteiger partial charge on any atom is -0.313 e. The average molecular weight is 312 g/mol. The van der Waals surface area contributed by atoms with Gasteiger partial charge in [0.1, 0.15) is 5.82 Å². The first-order valence-electron chi connectivity index (χ1n) is 7.65. The first-order valence-corrected chi connectivity index (χ1v) is 9.05. The lowest BCUT2D eigenvalue weighted by Crippen LogP contribution is -2.39. The Balaban J connectivity index is 2.75. The highest BCUT2D eigenvalue weighted by molar-refractivity contribution is 7.98. The van der Waals surface area contributed by atoms with Gasteiger partial charge in [0, 0.05) is 29.9 Å². The summed E-state index contributed by atoms with van der Waals surface area (Å²) in [6.45, 7) is 5.38. The summed E-state index contributed by atoms with van der Waals surface area (Å²) in [5, 5.41) is 3.28. The SMILES string of the molecule is CCC(CSC)N(C)CC(C)C(NC)c1ccccc1F. The fourth-order valence-corrected chi connectivity index (χ4v) is 3.81. The van der Waals surface area contributed by atoms with Crippen LogP contribution in [0, 0.1) is 11.7 Å². The molecule has 21 heavy (non-hydrogen) atoms. The van der Waals surface area contributed by atoms with E-state index in [1.165, 1.54) is 0 Å². The summed E-state index contributed by atoms with van der Waals surface area (Å²) in [6.07, 6.45) is 3.30. The predicted molar refractivity (Wildman–Crippen MR) is 92.5 cm³/mol. The van der Waals surface area contributed by atoms with Gasteiger partial charge in [-0.1, -0.05) is 32.0 Å². The van der Waals surface area contributed by atoms with Crippen LogP contribution in [0.15, 0.2) is 24.3 Å². The summed E-state index contributed by atoms with van der Waals surface area (Å²) in [5.74, 6) is 1.36. The lowest BCUT2D eigenvalue weighted by molar-refractivity contribution is 0.200. The van der Waals surface area contributed by atoms with Crippen LogP contribution in [0.25, 0.3) is 0 Å². The molecule has 1 rings (SSSR count). The molecule has 0 saturated carbocycles. The van der Waals surface area contributed by atoms with Crippen LogP contribution in [0.4, 0.5) is 4.39 Å². The van der Waals surface area contributed by atoms with Gasteiger partial charge in [0.05, 0.1) is 0 Å². The zero-order valence-corrected chi connectivity index (χ0v) is 14.7. The Morgan fingerprint density at radius 3 is 2.52 bits per heavy atom. The van der Waals surface area contributed by atoms with Crippen LogP contribution >= 0.6 is 11.8 Å². The molecule has 3 atom stereocenters. The van der Waals surface area contributed by atoms with E-state index in [1.54, 1.807) is 12.1 Å². The summed E-state index contributed by atoms with van der Waals surface area (Å²) >= 11 is 1.89. The van der Waals surface area contributed by atoms with Gasteiger partial charge in [-0.2, -0.15) is 11.8 Å². The Labute approximate surface area is 133 Å². The Morgan fingerprint density at radius 1 is 1.33 bits per heavy atom. The number of rotatable bonds is 9. The lowest BCUT2D eigenvalue weighted by Gasteiger charge is -2.32. The molecule has 120 valence electrons. The zero-order chi connectivity index (χ0) is 15.8. The summed E-state index contributed by atoms with van der Waals surface area (Å²) in [5.41, 5.74) is 0.763. The molecule has 3 unspecified atom stereocenters. The van der Waals surface area contributed by atoms with Crippen LogP contribution in [0.5, 0.6) is 0 Å². The highest BCUT2D eigenvalue weighted by Gasteiger charge is 2.23. The molecule has 0 aliphatic carbocycles. The fourth-order valence-electron chi connectivity index (χ4n) is 2.93. The van der Waals surface area contributed by atoms with Gasteiger partial charge < -0.3 is 10.2 Å². The smallest absolute Gasteiger partial charge is 0.127 e. The summed E-state index contributed by atoms with van der Waals surface area (Å²) in [6, 6.07) is 7.70. The highest BCUT2D eigenvalue weighted by atomic mass is 32.2. The van der Waals surface area contributed by atoms with Crippen molar-refractivity contribution < 1.29 is 4.39 Å². The minimum absolute atomic E-state index is 0.0421. The van der Waals surface area contributed by atoms with E-state index >= 15 is 0 Å². The van der Waals surface area contributed by atoms with Crippen LogP contribution in [0.2, 0.25) is 0 Å². The second-order valence-corrected chi connectivity index (χ2v) is 6.63. The number of nitrogens with one attached hydrogen (secondary N) is 1. The van der Waals surface area contributed by atoms with Crippen molar-refractivity contribution >= 4 is 11.8 Å². The molecule has 1 aromatic rings. The van der Waals surface area contributed by atoms with Crippen molar-refractivity contribution in [1.82, 2.24) is 10.2 Å². The molecule has 0 heterocycles. The molecule has 0 amide bonds. The maximum absolute atomic E-state index is 14.0. The van der Waals surface area contributed by atoms with Crippen LogP contribution < -0.4 is 5.32 Å². The van der Waals surface area contributed by atoms with Gasteiger partial charge in [-0.15, -0.1) is 0 Å². The predicted octanol–water partition coefficient (Wildman–Crippen LogP) is 3.80. The number of benzene rings is 1. The quantitative estimate of drug-likeness (QED) is 0.747. The van der Waals surface area contributed by atoms with E-state index in [2.05, 4.69) is 37.4 Å². The van der Waals surface area contributed by atoms with E-state index in [-0.39, 0.29) is 11.9 Å². The van der Waals surface area contributed by atoms with Gasteiger partial charge in [0.15, 0.2) is 0 Å². The fraction of sp³-hybridized carbons (Fsp3) is 0.647. The molecule has 4 heteroatoms. The van der Waals surface area contributed by atoms with Gasteiger partial charge in [0.2, 0.25) is 0 Å². The topological polar surface area (TPSA) is 15.3 Å². The number of hydrogen-bond donors (Lipinski definition) is 1. The Kier molecular flexibility index (Phi) is 8.30. The van der Waals surface area contributed by atoms with Gasteiger partial charge in [-0.3, -0.25) is 0 Å². The van der Waals surface area contributed by atoms with Crippen LogP contribution in [0.3, 0.4) is 0 Å². The van der Waals surface area contributed by atoms with E-state index in [0.29, 0.717) is 12.0 Å². The van der Waals surface area contributed by atoms with E-state index in [4.69, 9.17) is 0 Å². The molecule has 2 nitrogen and oxygen atoms in total. The monoisotopic (exact) mass is 312 g/mol. The van der Waals surface area contributed by atoms with Crippen LogP contribution in [0.1, 0.15) is 31.9 Å². The van der Waals surface area contributed by atoms with Crippen LogP contribution in [-0.4, -0.2) is 43.6 Å². The molecule has 0 fully saturated rings. The molecule has 0 saturated heterocycles. The van der Waals surface area contributed by atoms with Crippen molar-refractivity contribution in [3.63, 3.8) is 0 Å². The standard InChI is InChI=1S/C17H29FN2S/c1-6-14(12-21-5)20(4)11-13(2)17(19-3)15-9-7-8-10-16(15)18/h7-10,13-14,17,19H,6,11-12H2,1-5H3. The second kappa shape index (κ2) is 9.44. The third-order valence-corrected chi connectivity index (χ3v) is 4.87. The number of thioether (sulfide) groups is 1.